The largest absolute Gasteiger partial charge is 0.492 e. The van der Waals surface area contributed by atoms with Crippen LogP contribution in [0.3, 0.4) is 0 Å². The molecule has 88 valence electrons. The van der Waals surface area contributed by atoms with E-state index in [2.05, 4.69) is 21.2 Å². The van der Waals surface area contributed by atoms with Crippen molar-refractivity contribution in [2.75, 3.05) is 19.7 Å². The molecule has 0 amide bonds. The maximum Gasteiger partial charge on any atom is 0.145 e. The highest BCUT2D eigenvalue weighted by Crippen LogP contribution is 2.31. The van der Waals surface area contributed by atoms with E-state index in [0.29, 0.717) is 22.7 Å². The zero-order valence-corrected chi connectivity index (χ0v) is 10.9. The third-order valence-corrected chi connectivity index (χ3v) is 3.52. The summed E-state index contributed by atoms with van der Waals surface area (Å²) >= 11 is 8.94. The van der Waals surface area contributed by atoms with Crippen molar-refractivity contribution in [3.05, 3.63) is 27.4 Å². The van der Waals surface area contributed by atoms with Crippen molar-refractivity contribution in [1.29, 1.82) is 0 Å². The second kappa shape index (κ2) is 5.34. The predicted molar refractivity (Wildman–Crippen MR) is 65.6 cm³/mol. The topological polar surface area (TPSA) is 21.3 Å². The summed E-state index contributed by atoms with van der Waals surface area (Å²) in [6.45, 7) is 2.60. The Hall–Kier alpha value is -0.320. The normalized spacial score (nSPS) is 20.1. The standard InChI is InChI=1S/C11H12BrClFNO/c12-8-3-9(13)10(14)4-11(8)16-6-7-1-2-15-5-7/h3-4,7,15H,1-2,5-6H2. The first kappa shape index (κ1) is 12.1. The number of ether oxygens (including phenoxy) is 1. The Balaban J connectivity index is 2.00. The minimum Gasteiger partial charge on any atom is -0.492 e. The van der Waals surface area contributed by atoms with E-state index in [4.69, 9.17) is 16.3 Å². The maximum atomic E-state index is 13.2. The lowest BCUT2D eigenvalue weighted by molar-refractivity contribution is 0.257. The summed E-state index contributed by atoms with van der Waals surface area (Å²) in [4.78, 5) is 0. The van der Waals surface area contributed by atoms with Gasteiger partial charge < -0.3 is 10.1 Å². The van der Waals surface area contributed by atoms with Crippen molar-refractivity contribution in [3.63, 3.8) is 0 Å². The lowest BCUT2D eigenvalue weighted by atomic mass is 10.1. The third kappa shape index (κ3) is 2.87. The van der Waals surface area contributed by atoms with Gasteiger partial charge in [0.2, 0.25) is 0 Å². The van der Waals surface area contributed by atoms with Gasteiger partial charge >= 0.3 is 0 Å². The molecule has 1 aliphatic heterocycles. The summed E-state index contributed by atoms with van der Waals surface area (Å²) in [5, 5.41) is 3.36. The van der Waals surface area contributed by atoms with Crippen LogP contribution >= 0.6 is 27.5 Å². The second-order valence-corrected chi connectivity index (χ2v) is 5.13. The van der Waals surface area contributed by atoms with Crippen molar-refractivity contribution in [2.45, 2.75) is 6.42 Å². The van der Waals surface area contributed by atoms with E-state index in [9.17, 15) is 4.39 Å². The van der Waals surface area contributed by atoms with Gasteiger partial charge in [-0.05, 0) is 35.0 Å². The van der Waals surface area contributed by atoms with Crippen molar-refractivity contribution < 1.29 is 9.13 Å². The summed E-state index contributed by atoms with van der Waals surface area (Å²) in [7, 11) is 0. The Labute approximate surface area is 107 Å². The van der Waals surface area contributed by atoms with Crippen LogP contribution in [0.2, 0.25) is 5.02 Å². The van der Waals surface area contributed by atoms with Gasteiger partial charge in [0.1, 0.15) is 11.6 Å². The number of nitrogens with one attached hydrogen (secondary N) is 1. The van der Waals surface area contributed by atoms with Gasteiger partial charge in [-0.15, -0.1) is 0 Å². The molecule has 2 rings (SSSR count). The van der Waals surface area contributed by atoms with Gasteiger partial charge in [-0.3, -0.25) is 0 Å². The molecule has 1 aromatic carbocycles. The molecular weight excluding hydrogens is 296 g/mol. The first-order valence-electron chi connectivity index (χ1n) is 5.15. The molecule has 1 aliphatic rings. The lowest BCUT2D eigenvalue weighted by Gasteiger charge is -2.12. The Kier molecular flexibility index (Phi) is 4.05. The highest BCUT2D eigenvalue weighted by molar-refractivity contribution is 9.10. The molecule has 16 heavy (non-hydrogen) atoms. The zero-order valence-electron chi connectivity index (χ0n) is 8.60. The molecule has 0 bridgehead atoms. The fourth-order valence-corrected chi connectivity index (χ4v) is 2.43. The molecule has 0 saturated carbocycles. The van der Waals surface area contributed by atoms with E-state index in [-0.39, 0.29) is 5.02 Å². The molecule has 1 saturated heterocycles. The van der Waals surface area contributed by atoms with Crippen LogP contribution in [0, 0.1) is 11.7 Å². The summed E-state index contributed by atoms with van der Waals surface area (Å²) < 4.78 is 19.5. The SMILES string of the molecule is Fc1cc(OCC2CCNC2)c(Br)cc1Cl. The number of rotatable bonds is 3. The summed E-state index contributed by atoms with van der Waals surface area (Å²) in [6.07, 6.45) is 1.10. The van der Waals surface area contributed by atoms with Gasteiger partial charge in [0, 0.05) is 18.5 Å². The second-order valence-electron chi connectivity index (χ2n) is 3.87. The molecule has 0 spiro atoms. The lowest BCUT2D eigenvalue weighted by Crippen LogP contribution is -2.15. The van der Waals surface area contributed by atoms with Crippen LogP contribution in [0.25, 0.3) is 0 Å². The van der Waals surface area contributed by atoms with Crippen LogP contribution in [0.1, 0.15) is 6.42 Å². The number of halogens is 3. The van der Waals surface area contributed by atoms with E-state index >= 15 is 0 Å². The van der Waals surface area contributed by atoms with Crippen LogP contribution < -0.4 is 10.1 Å². The van der Waals surface area contributed by atoms with Gasteiger partial charge in [0.05, 0.1) is 16.1 Å². The van der Waals surface area contributed by atoms with Crippen LogP contribution in [-0.2, 0) is 0 Å². The Morgan fingerprint density at radius 1 is 1.56 bits per heavy atom. The van der Waals surface area contributed by atoms with E-state index in [1.54, 1.807) is 0 Å². The molecular formula is C11H12BrClFNO. The molecule has 1 aromatic rings. The predicted octanol–water partition coefficient (Wildman–Crippen LogP) is 3.23. The summed E-state index contributed by atoms with van der Waals surface area (Å²) in [5.41, 5.74) is 0. The minimum absolute atomic E-state index is 0.0989. The van der Waals surface area contributed by atoms with Gasteiger partial charge in [0.15, 0.2) is 0 Å². The zero-order chi connectivity index (χ0) is 11.5. The molecule has 0 aliphatic carbocycles. The van der Waals surface area contributed by atoms with Gasteiger partial charge in [-0.25, -0.2) is 4.39 Å². The Bertz CT molecular complexity index is 382. The van der Waals surface area contributed by atoms with E-state index in [1.165, 1.54) is 12.1 Å². The number of benzene rings is 1. The average molecular weight is 309 g/mol. The van der Waals surface area contributed by atoms with Crippen LogP contribution in [0.15, 0.2) is 16.6 Å². The molecule has 1 atom stereocenters. The smallest absolute Gasteiger partial charge is 0.145 e. The molecule has 5 heteroatoms. The van der Waals surface area contributed by atoms with Crippen molar-refractivity contribution in [3.8, 4) is 5.75 Å². The molecule has 1 heterocycles. The average Bonchev–Trinajstić information content (AvgIpc) is 2.74. The molecule has 0 aromatic heterocycles. The van der Waals surface area contributed by atoms with Gasteiger partial charge in [-0.2, -0.15) is 0 Å². The fraction of sp³-hybridized carbons (Fsp3) is 0.455. The minimum atomic E-state index is -0.454. The van der Waals surface area contributed by atoms with E-state index < -0.39 is 5.82 Å². The highest BCUT2D eigenvalue weighted by atomic mass is 79.9. The van der Waals surface area contributed by atoms with Crippen LogP contribution in [-0.4, -0.2) is 19.7 Å². The summed E-state index contributed by atoms with van der Waals surface area (Å²) in [5.74, 6) is 0.559. The number of hydrogen-bond donors (Lipinski definition) is 1. The molecule has 0 radical (unpaired) electrons. The molecule has 1 fully saturated rings. The molecule has 1 N–H and O–H groups in total. The Morgan fingerprint density at radius 2 is 2.38 bits per heavy atom. The van der Waals surface area contributed by atoms with E-state index in [0.717, 1.165) is 19.5 Å². The quantitative estimate of drug-likeness (QED) is 0.866. The van der Waals surface area contributed by atoms with Gasteiger partial charge in [0.25, 0.3) is 0 Å². The van der Waals surface area contributed by atoms with Crippen molar-refractivity contribution in [1.82, 2.24) is 5.32 Å². The highest BCUT2D eigenvalue weighted by Gasteiger charge is 2.16. The van der Waals surface area contributed by atoms with Crippen LogP contribution in [0.5, 0.6) is 5.75 Å². The molecule has 1 unspecified atom stereocenters. The van der Waals surface area contributed by atoms with E-state index in [1.807, 2.05) is 0 Å². The van der Waals surface area contributed by atoms with Gasteiger partial charge in [-0.1, -0.05) is 11.6 Å². The fourth-order valence-electron chi connectivity index (χ4n) is 1.68. The first-order valence-corrected chi connectivity index (χ1v) is 6.32. The number of hydrogen-bond acceptors (Lipinski definition) is 2. The van der Waals surface area contributed by atoms with Crippen LogP contribution in [0.4, 0.5) is 4.39 Å². The van der Waals surface area contributed by atoms with Crippen molar-refractivity contribution >= 4 is 27.5 Å². The first-order chi connectivity index (χ1) is 7.66. The third-order valence-electron chi connectivity index (χ3n) is 2.61. The Morgan fingerprint density at radius 3 is 3.06 bits per heavy atom. The monoisotopic (exact) mass is 307 g/mol. The van der Waals surface area contributed by atoms with Crippen molar-refractivity contribution in [2.24, 2.45) is 5.92 Å². The summed E-state index contributed by atoms with van der Waals surface area (Å²) in [6, 6.07) is 2.83. The molecule has 2 nitrogen and oxygen atoms in total. The maximum absolute atomic E-state index is 13.2.